The van der Waals surface area contributed by atoms with Crippen molar-refractivity contribution in [2.24, 2.45) is 0 Å². The summed E-state index contributed by atoms with van der Waals surface area (Å²) in [5, 5.41) is 1.48. The molecule has 5 heteroatoms. The van der Waals surface area contributed by atoms with E-state index in [9.17, 15) is 4.79 Å². The zero-order chi connectivity index (χ0) is 9.84. The Bertz CT molecular complexity index is 316. The minimum absolute atomic E-state index is 0. The molecule has 1 amide bonds. The van der Waals surface area contributed by atoms with Crippen LogP contribution in [0.1, 0.15) is 15.9 Å². The summed E-state index contributed by atoms with van der Waals surface area (Å²) in [6.45, 7) is 3.75. The molecular weight excluding hydrogens is 178 g/mol. The molecule has 0 aliphatic heterocycles. The van der Waals surface area contributed by atoms with E-state index in [1.165, 1.54) is 5.01 Å². The van der Waals surface area contributed by atoms with Crippen LogP contribution < -0.4 is 37.7 Å². The number of hydrogen-bond donors (Lipinski definition) is 0. The van der Waals surface area contributed by atoms with E-state index in [0.717, 1.165) is 0 Å². The molecule has 0 saturated carbocycles. The summed E-state index contributed by atoms with van der Waals surface area (Å²) in [7, 11) is 3.42. The number of amides is 1. The number of nitrogens with zero attached hydrogens (tertiary/aromatic N) is 2. The average molecular weight is 190 g/mol. The van der Waals surface area contributed by atoms with Gasteiger partial charge < -0.3 is 15.2 Å². The second-order valence-electron chi connectivity index (χ2n) is 2.91. The summed E-state index contributed by atoms with van der Waals surface area (Å²) in [5.74, 6) is -0.254. The minimum Gasteiger partial charge on any atom is -0.596 e. The van der Waals surface area contributed by atoms with Crippen LogP contribution in [0.15, 0.2) is 24.3 Å². The van der Waals surface area contributed by atoms with Crippen molar-refractivity contribution < 1.29 is 42.5 Å². The van der Waals surface area contributed by atoms with Crippen LogP contribution in [0.4, 0.5) is 0 Å². The first-order valence-corrected chi connectivity index (χ1v) is 3.95. The van der Waals surface area contributed by atoms with Crippen molar-refractivity contribution >= 4 is 5.91 Å². The molecule has 1 aromatic rings. The molecule has 3 nitrogen and oxygen atoms in total. The van der Waals surface area contributed by atoms with Gasteiger partial charge in [0.15, 0.2) is 0 Å². The topological polar surface area (TPSA) is 34.4 Å². The first-order valence-electron chi connectivity index (χ1n) is 3.95. The average Bonchev–Trinajstić information content (AvgIpc) is 2.03. The first-order chi connectivity index (χ1) is 6.11. The van der Waals surface area contributed by atoms with Gasteiger partial charge in [0.1, 0.15) is 0 Å². The van der Waals surface area contributed by atoms with Gasteiger partial charge in [0, 0.05) is 5.91 Å². The van der Waals surface area contributed by atoms with Crippen LogP contribution >= 0.6 is 0 Å². The van der Waals surface area contributed by atoms with Crippen molar-refractivity contribution in [2.75, 3.05) is 14.1 Å². The van der Waals surface area contributed by atoms with Gasteiger partial charge in [-0.15, -0.1) is 17.7 Å². The maximum atomic E-state index is 11.4. The number of carbonyl (C=O) groups excluding carboxylic acids is 1. The van der Waals surface area contributed by atoms with Crippen LogP contribution in [0.5, 0.6) is 0 Å². The zero-order valence-electron chi connectivity index (χ0n) is 9.82. The molecule has 1 aromatic carbocycles. The summed E-state index contributed by atoms with van der Waals surface area (Å²) in [5.41, 5.74) is 5.02. The Morgan fingerprint density at radius 2 is 1.80 bits per heavy atom. The van der Waals surface area contributed by atoms with E-state index in [-0.39, 0.29) is 43.6 Å². The van der Waals surface area contributed by atoms with E-state index in [0.29, 0.717) is 11.1 Å². The number of benzene rings is 1. The van der Waals surface area contributed by atoms with Crippen LogP contribution in [0.3, 0.4) is 0 Å². The van der Waals surface area contributed by atoms with Gasteiger partial charge in [-0.25, -0.2) is 0 Å². The molecule has 0 spiro atoms. The monoisotopic (exact) mass is 190 g/mol. The van der Waals surface area contributed by atoms with Gasteiger partial charge in [-0.05, 0) is 14.1 Å². The Kier molecular flexibility index (Phi) is 9.06. The van der Waals surface area contributed by atoms with E-state index >= 15 is 0 Å². The molecule has 1 rings (SSSR count). The zero-order valence-corrected chi connectivity index (χ0v) is 9.82. The normalized spacial score (nSPS) is 8.73. The van der Waals surface area contributed by atoms with Crippen molar-refractivity contribution in [3.05, 3.63) is 47.7 Å². The summed E-state index contributed by atoms with van der Waals surface area (Å²) >= 11 is 0. The Morgan fingerprint density at radius 3 is 2.27 bits per heavy atom. The molecule has 15 heavy (non-hydrogen) atoms. The molecule has 0 bridgehead atoms. The molecule has 0 saturated heterocycles. The van der Waals surface area contributed by atoms with E-state index in [4.69, 9.17) is 0 Å². The molecule has 0 N–H and O–H groups in total. The second-order valence-corrected chi connectivity index (χ2v) is 2.91. The first kappa shape index (κ1) is 17.1. The van der Waals surface area contributed by atoms with Crippen LogP contribution in [0, 0.1) is 6.92 Å². The van der Waals surface area contributed by atoms with Crippen molar-refractivity contribution in [2.45, 2.75) is 0 Å². The van der Waals surface area contributed by atoms with Crippen LogP contribution in [-0.4, -0.2) is 25.0 Å². The van der Waals surface area contributed by atoms with Crippen LogP contribution in [-0.2, 0) is 0 Å². The standard InChI is InChI=1S/C10H13N2O.2Li/c1-8-6-4-5-7-9(8)10(13)11-12(2)3;;/h4-7H,1H2,2-3H3,(H,11,13);;/q-1;2*+1/p-1. The predicted molar refractivity (Wildman–Crippen MR) is 52.3 cm³/mol. The predicted octanol–water partition coefficient (Wildman–Crippen LogP) is -4.13. The molecule has 0 aromatic heterocycles. The van der Waals surface area contributed by atoms with Crippen LogP contribution in [0.2, 0.25) is 0 Å². The van der Waals surface area contributed by atoms with Gasteiger partial charge >= 0.3 is 37.7 Å². The fraction of sp³-hybridized carbons (Fsp3) is 0.200. The largest absolute Gasteiger partial charge is 1.00 e. The Morgan fingerprint density at radius 1 is 1.27 bits per heavy atom. The molecule has 0 unspecified atom stereocenters. The Labute approximate surface area is 115 Å². The molecule has 0 heterocycles. The van der Waals surface area contributed by atoms with Gasteiger partial charge in [0.25, 0.3) is 0 Å². The number of hydrogen-bond acceptors (Lipinski definition) is 2. The fourth-order valence-electron chi connectivity index (χ4n) is 0.964. The summed E-state index contributed by atoms with van der Waals surface area (Å²) in [4.78, 5) is 11.4. The van der Waals surface area contributed by atoms with Crippen molar-refractivity contribution in [3.63, 3.8) is 0 Å². The fourth-order valence-corrected chi connectivity index (χ4v) is 0.964. The van der Waals surface area contributed by atoms with Gasteiger partial charge in [0.2, 0.25) is 0 Å². The van der Waals surface area contributed by atoms with E-state index in [1.54, 1.807) is 32.3 Å². The van der Waals surface area contributed by atoms with Crippen molar-refractivity contribution in [1.82, 2.24) is 5.01 Å². The molecule has 70 valence electrons. The van der Waals surface area contributed by atoms with Gasteiger partial charge in [-0.2, -0.15) is 18.6 Å². The maximum absolute atomic E-state index is 11.4. The maximum Gasteiger partial charge on any atom is 1.00 e. The van der Waals surface area contributed by atoms with Gasteiger partial charge in [-0.1, -0.05) is 6.07 Å². The molecule has 0 atom stereocenters. The van der Waals surface area contributed by atoms with E-state index < -0.39 is 0 Å². The molecule has 0 fully saturated rings. The van der Waals surface area contributed by atoms with E-state index in [2.05, 4.69) is 12.3 Å². The summed E-state index contributed by atoms with van der Waals surface area (Å²) in [6.07, 6.45) is 0. The molecular formula is C10H12Li2N2O. The molecule has 0 radical (unpaired) electrons. The van der Waals surface area contributed by atoms with E-state index in [1.807, 2.05) is 6.07 Å². The second kappa shape index (κ2) is 7.94. The van der Waals surface area contributed by atoms with Gasteiger partial charge in [0.05, 0.1) is 0 Å². The SMILES string of the molecule is [CH2-]c1ccccc1C(=O)[N-]N(C)C.[Li+].[Li+]. The number of carbonyl (C=O) groups is 1. The molecule has 0 aliphatic carbocycles. The van der Waals surface area contributed by atoms with Crippen molar-refractivity contribution in [1.29, 1.82) is 0 Å². The third-order valence-corrected chi connectivity index (χ3v) is 1.54. The Balaban J connectivity index is 0. The molecule has 0 aliphatic rings. The summed E-state index contributed by atoms with van der Waals surface area (Å²) in [6, 6.07) is 7.15. The minimum atomic E-state index is -0.254. The summed E-state index contributed by atoms with van der Waals surface area (Å²) < 4.78 is 0. The Hall–Kier alpha value is -0.285. The third-order valence-electron chi connectivity index (χ3n) is 1.54. The van der Waals surface area contributed by atoms with Gasteiger partial charge in [-0.3, -0.25) is 0 Å². The van der Waals surface area contributed by atoms with Crippen molar-refractivity contribution in [3.8, 4) is 0 Å². The third kappa shape index (κ3) is 5.37. The van der Waals surface area contributed by atoms with Crippen LogP contribution in [0.25, 0.3) is 5.43 Å². The quantitative estimate of drug-likeness (QED) is 0.270. The number of rotatable bonds is 2. The smallest absolute Gasteiger partial charge is 0.596 e.